The number of nitrogens with one attached hydrogen (secondary N) is 2. The van der Waals surface area contributed by atoms with Crippen molar-refractivity contribution in [3.8, 4) is 0 Å². The fourth-order valence-corrected chi connectivity index (χ4v) is 3.25. The predicted octanol–water partition coefficient (Wildman–Crippen LogP) is -0.0549. The van der Waals surface area contributed by atoms with E-state index in [-0.39, 0.29) is 11.6 Å². The van der Waals surface area contributed by atoms with Crippen molar-refractivity contribution in [2.24, 2.45) is 4.99 Å². The molecule has 1 saturated heterocycles. The van der Waals surface area contributed by atoms with Crippen molar-refractivity contribution < 1.29 is 4.79 Å². The van der Waals surface area contributed by atoms with Crippen molar-refractivity contribution in [1.82, 2.24) is 24.3 Å². The lowest BCUT2D eigenvalue weighted by atomic mass is 10.3. The third-order valence-electron chi connectivity index (χ3n) is 4.62. The summed E-state index contributed by atoms with van der Waals surface area (Å²) in [6.45, 7) is 4.52. The van der Waals surface area contributed by atoms with Crippen LogP contribution in [-0.4, -0.2) is 77.2 Å². The molecule has 3 heterocycles. The third kappa shape index (κ3) is 2.30. The normalized spacial score (nSPS) is 18.7. The number of carbonyl (C=O) groups excluding carboxylic acids is 1. The van der Waals surface area contributed by atoms with Crippen molar-refractivity contribution in [2.75, 3.05) is 46.3 Å². The standard InChI is InChI=1S/C16H21N7O/c1-20-8-10-21(11-9-20)16(24)23-13-5-3-2-4-12(13)22(14(23)17)15-18-6-7-19-15/h2-5,17H,6-11H2,1H3,(H,18,19). The van der Waals surface area contributed by atoms with Crippen LogP contribution in [-0.2, 0) is 0 Å². The Morgan fingerprint density at radius 3 is 2.54 bits per heavy atom. The zero-order valence-electron chi connectivity index (χ0n) is 13.7. The smallest absolute Gasteiger partial charge is 0.331 e. The van der Waals surface area contributed by atoms with Gasteiger partial charge >= 0.3 is 6.03 Å². The minimum atomic E-state index is -0.137. The first-order valence-corrected chi connectivity index (χ1v) is 8.20. The van der Waals surface area contributed by atoms with Crippen LogP contribution in [0, 0.1) is 5.41 Å². The highest BCUT2D eigenvalue weighted by Crippen LogP contribution is 2.14. The SMILES string of the molecule is CN1CCN(C(=O)n2c(=N)n(C3=NCCN3)c3ccccc32)CC1. The number of para-hydroxylation sites is 2. The number of aliphatic imine (C=N–C) groups is 1. The molecule has 0 bridgehead atoms. The molecular formula is C16H21N7O. The molecular weight excluding hydrogens is 306 g/mol. The maximum Gasteiger partial charge on any atom is 0.331 e. The van der Waals surface area contributed by atoms with Gasteiger partial charge in [-0.3, -0.25) is 10.4 Å². The first-order chi connectivity index (χ1) is 11.7. The molecule has 1 amide bonds. The minimum Gasteiger partial charge on any atom is -0.354 e. The van der Waals surface area contributed by atoms with Gasteiger partial charge in [0.15, 0.2) is 0 Å². The van der Waals surface area contributed by atoms with E-state index >= 15 is 0 Å². The van der Waals surface area contributed by atoms with Crippen molar-refractivity contribution in [3.05, 3.63) is 29.9 Å². The van der Waals surface area contributed by atoms with Crippen LogP contribution in [0.4, 0.5) is 4.79 Å². The van der Waals surface area contributed by atoms with Gasteiger partial charge in [-0.2, -0.15) is 0 Å². The molecule has 0 unspecified atom stereocenters. The molecule has 0 radical (unpaired) electrons. The summed E-state index contributed by atoms with van der Waals surface area (Å²) in [5, 5.41) is 11.8. The summed E-state index contributed by atoms with van der Waals surface area (Å²) in [7, 11) is 2.06. The lowest BCUT2D eigenvalue weighted by molar-refractivity contribution is 0.155. The average molecular weight is 327 g/mol. The van der Waals surface area contributed by atoms with Gasteiger partial charge in [-0.1, -0.05) is 12.1 Å². The molecule has 0 atom stereocenters. The molecule has 0 spiro atoms. The highest BCUT2D eigenvalue weighted by atomic mass is 16.2. The zero-order valence-corrected chi connectivity index (χ0v) is 13.7. The van der Waals surface area contributed by atoms with E-state index in [4.69, 9.17) is 5.41 Å². The lowest BCUT2D eigenvalue weighted by Crippen LogP contribution is -2.50. The Morgan fingerprint density at radius 1 is 1.17 bits per heavy atom. The molecule has 2 aromatic rings. The van der Waals surface area contributed by atoms with Crippen LogP contribution in [0.1, 0.15) is 0 Å². The van der Waals surface area contributed by atoms with E-state index in [9.17, 15) is 4.79 Å². The van der Waals surface area contributed by atoms with Crippen LogP contribution in [0.15, 0.2) is 29.3 Å². The number of aromatic nitrogens is 2. The lowest BCUT2D eigenvalue weighted by Gasteiger charge is -2.32. The molecule has 8 heteroatoms. The van der Waals surface area contributed by atoms with Gasteiger partial charge in [0.05, 0.1) is 17.6 Å². The highest BCUT2D eigenvalue weighted by molar-refractivity contribution is 5.97. The van der Waals surface area contributed by atoms with E-state index in [1.165, 1.54) is 4.57 Å². The molecule has 0 saturated carbocycles. The summed E-state index contributed by atoms with van der Waals surface area (Å²) in [4.78, 5) is 21.5. The Bertz CT molecular complexity index is 870. The van der Waals surface area contributed by atoms with Gasteiger partial charge in [-0.15, -0.1) is 0 Å². The monoisotopic (exact) mass is 327 g/mol. The minimum absolute atomic E-state index is 0.133. The molecule has 2 aliphatic rings. The number of piperazine rings is 1. The van der Waals surface area contributed by atoms with E-state index in [2.05, 4.69) is 22.3 Å². The Hall–Kier alpha value is -2.61. The number of nitrogens with zero attached hydrogens (tertiary/aromatic N) is 5. The second-order valence-corrected chi connectivity index (χ2v) is 6.19. The van der Waals surface area contributed by atoms with Crippen LogP contribution in [0.2, 0.25) is 0 Å². The fraction of sp³-hybridized carbons (Fsp3) is 0.438. The Kier molecular flexibility index (Phi) is 3.61. The van der Waals surface area contributed by atoms with E-state index < -0.39 is 0 Å². The summed E-state index contributed by atoms with van der Waals surface area (Å²) in [5.74, 6) is 0.640. The van der Waals surface area contributed by atoms with E-state index in [0.29, 0.717) is 25.6 Å². The number of hydrogen-bond acceptors (Lipinski definition) is 5. The van der Waals surface area contributed by atoms with E-state index in [1.807, 2.05) is 29.2 Å². The van der Waals surface area contributed by atoms with Gasteiger partial charge in [0.2, 0.25) is 11.6 Å². The first-order valence-electron chi connectivity index (χ1n) is 8.20. The number of carbonyl (C=O) groups is 1. The molecule has 2 N–H and O–H groups in total. The van der Waals surface area contributed by atoms with Crippen LogP contribution in [0.5, 0.6) is 0 Å². The summed E-state index contributed by atoms with van der Waals surface area (Å²) in [6, 6.07) is 7.47. The molecule has 1 aromatic carbocycles. The van der Waals surface area contributed by atoms with Crippen molar-refractivity contribution in [2.45, 2.75) is 0 Å². The average Bonchev–Trinajstić information content (AvgIpc) is 3.20. The molecule has 8 nitrogen and oxygen atoms in total. The van der Waals surface area contributed by atoms with Gasteiger partial charge in [-0.05, 0) is 19.2 Å². The predicted molar refractivity (Wildman–Crippen MR) is 91.3 cm³/mol. The van der Waals surface area contributed by atoms with Crippen LogP contribution >= 0.6 is 0 Å². The summed E-state index contributed by atoms with van der Waals surface area (Å²) in [5.41, 5.74) is 1.69. The molecule has 126 valence electrons. The van der Waals surface area contributed by atoms with Crippen LogP contribution < -0.4 is 10.9 Å². The van der Waals surface area contributed by atoms with Gasteiger partial charge < -0.3 is 15.1 Å². The molecule has 1 aromatic heterocycles. The maximum absolute atomic E-state index is 13.0. The second-order valence-electron chi connectivity index (χ2n) is 6.19. The number of hydrogen-bond donors (Lipinski definition) is 2. The maximum atomic E-state index is 13.0. The molecule has 2 aliphatic heterocycles. The van der Waals surface area contributed by atoms with Crippen molar-refractivity contribution in [3.63, 3.8) is 0 Å². The quantitative estimate of drug-likeness (QED) is 0.711. The number of rotatable bonds is 0. The number of amides is 1. The number of benzene rings is 1. The van der Waals surface area contributed by atoms with Crippen LogP contribution in [0.3, 0.4) is 0 Å². The number of fused-ring (bicyclic) bond motifs is 1. The topological polar surface area (TPSA) is 81.7 Å². The highest BCUT2D eigenvalue weighted by Gasteiger charge is 2.25. The first kappa shape index (κ1) is 14.9. The molecule has 0 aliphatic carbocycles. The zero-order chi connectivity index (χ0) is 16.7. The fourth-order valence-electron chi connectivity index (χ4n) is 3.25. The van der Waals surface area contributed by atoms with Gasteiger partial charge in [0, 0.05) is 32.7 Å². The van der Waals surface area contributed by atoms with Gasteiger partial charge in [0.25, 0.3) is 0 Å². The Morgan fingerprint density at radius 2 is 1.88 bits per heavy atom. The molecule has 4 rings (SSSR count). The molecule has 1 fully saturated rings. The molecule has 24 heavy (non-hydrogen) atoms. The number of imidazole rings is 1. The summed E-state index contributed by atoms with van der Waals surface area (Å²) >= 11 is 0. The Labute approximate surface area is 139 Å². The van der Waals surface area contributed by atoms with Crippen molar-refractivity contribution >= 4 is 23.0 Å². The third-order valence-corrected chi connectivity index (χ3v) is 4.62. The van der Waals surface area contributed by atoms with Gasteiger partial charge in [-0.25, -0.2) is 13.9 Å². The van der Waals surface area contributed by atoms with E-state index in [0.717, 1.165) is 30.7 Å². The summed E-state index contributed by atoms with van der Waals surface area (Å²) in [6.07, 6.45) is 0. The van der Waals surface area contributed by atoms with Crippen LogP contribution in [0.25, 0.3) is 11.0 Å². The largest absolute Gasteiger partial charge is 0.354 e. The van der Waals surface area contributed by atoms with E-state index in [1.54, 1.807) is 4.57 Å². The summed E-state index contributed by atoms with van der Waals surface area (Å²) < 4.78 is 3.21. The Balaban J connectivity index is 1.82. The number of likely N-dealkylation sites (N-methyl/N-ethyl adjacent to an activating group) is 1. The van der Waals surface area contributed by atoms with Crippen molar-refractivity contribution in [1.29, 1.82) is 5.41 Å². The van der Waals surface area contributed by atoms with Gasteiger partial charge in [0.1, 0.15) is 0 Å². The second kappa shape index (κ2) is 5.79.